The van der Waals surface area contributed by atoms with E-state index in [2.05, 4.69) is 5.10 Å². The summed E-state index contributed by atoms with van der Waals surface area (Å²) in [6, 6.07) is 3.78. The Bertz CT molecular complexity index is 1010. The van der Waals surface area contributed by atoms with Crippen LogP contribution in [0, 0.1) is 5.82 Å². The van der Waals surface area contributed by atoms with Crippen molar-refractivity contribution in [3.8, 4) is 0 Å². The lowest BCUT2D eigenvalue weighted by atomic mass is 10.0. The van der Waals surface area contributed by atoms with Gasteiger partial charge in [-0.25, -0.2) is 10.2 Å². The molecule has 7 nitrogen and oxygen atoms in total. The number of nitrogens with two attached hydrogens (primary N) is 2. The average Bonchev–Trinajstić information content (AvgIpc) is 3.19. The Morgan fingerprint density at radius 3 is 2.55 bits per heavy atom. The molecule has 0 fully saturated rings. The summed E-state index contributed by atoms with van der Waals surface area (Å²) in [6.07, 6.45) is -2.90. The maximum atomic E-state index is 14.4. The first kappa shape index (κ1) is 22.6. The van der Waals surface area contributed by atoms with E-state index in [4.69, 9.17) is 11.6 Å². The number of hydrazine groups is 1. The molecule has 1 amide bonds. The number of anilines is 1. The number of halogens is 4. The summed E-state index contributed by atoms with van der Waals surface area (Å²) in [4.78, 5) is 14.1. The first-order valence-electron chi connectivity index (χ1n) is 9.68. The highest BCUT2D eigenvalue weighted by Crippen LogP contribution is 2.33. The lowest BCUT2D eigenvalue weighted by molar-refractivity contribution is -0.140. The summed E-state index contributed by atoms with van der Waals surface area (Å²) in [5.41, 5.74) is 4.88. The minimum absolute atomic E-state index is 0.101. The van der Waals surface area contributed by atoms with Gasteiger partial charge in [0.15, 0.2) is 5.82 Å². The fraction of sp³-hybridized carbons (Fsp3) is 0.400. The molecule has 0 saturated heterocycles. The van der Waals surface area contributed by atoms with E-state index in [0.29, 0.717) is 17.6 Å². The van der Waals surface area contributed by atoms with Crippen LogP contribution in [0.5, 0.6) is 0 Å². The van der Waals surface area contributed by atoms with Gasteiger partial charge in [0, 0.05) is 31.3 Å². The molecule has 0 spiro atoms. The van der Waals surface area contributed by atoms with Gasteiger partial charge >= 0.3 is 6.18 Å². The molecule has 11 heteroatoms. The van der Waals surface area contributed by atoms with Crippen LogP contribution in [0.1, 0.15) is 49.2 Å². The van der Waals surface area contributed by atoms with Crippen molar-refractivity contribution in [2.45, 2.75) is 45.5 Å². The van der Waals surface area contributed by atoms with E-state index in [1.54, 1.807) is 23.9 Å². The molecule has 0 aliphatic carbocycles. The Balaban J connectivity index is 1.87. The van der Waals surface area contributed by atoms with Crippen LogP contribution in [0.3, 0.4) is 0 Å². The molecule has 168 valence electrons. The maximum absolute atomic E-state index is 14.4. The third-order valence-corrected chi connectivity index (χ3v) is 5.30. The summed E-state index contributed by atoms with van der Waals surface area (Å²) < 4.78 is 55.2. The normalized spacial score (nSPS) is 17.5. The number of carbonyl (C=O) groups excluding carboxylic acids is 1. The standard InChI is InChI=1S/C20H24F4N6O/c1-11(2)29-10-8-16(27-29)30(26)15-7-9-28(12(3)18(15)25)19(31)13-5-4-6-14(17(13)21)20(22,23)24/h4-6,8,10-12H,7,9,25-26H2,1-3H3/t12-/m0/s1. The second kappa shape index (κ2) is 8.22. The number of aromatic nitrogens is 2. The molecule has 0 radical (unpaired) electrons. The summed E-state index contributed by atoms with van der Waals surface area (Å²) in [5, 5.41) is 5.71. The van der Waals surface area contributed by atoms with Gasteiger partial charge in [-0.2, -0.15) is 18.3 Å². The fourth-order valence-corrected chi connectivity index (χ4v) is 3.46. The van der Waals surface area contributed by atoms with Crippen LogP contribution in [-0.2, 0) is 6.18 Å². The van der Waals surface area contributed by atoms with E-state index >= 15 is 0 Å². The van der Waals surface area contributed by atoms with E-state index in [9.17, 15) is 22.4 Å². The molecule has 0 bridgehead atoms. The van der Waals surface area contributed by atoms with E-state index < -0.39 is 35.1 Å². The lowest BCUT2D eigenvalue weighted by Crippen LogP contribution is -2.49. The number of nitrogens with zero attached hydrogens (tertiary/aromatic N) is 4. The molecule has 31 heavy (non-hydrogen) atoms. The zero-order valence-electron chi connectivity index (χ0n) is 17.3. The zero-order valence-corrected chi connectivity index (χ0v) is 17.3. The van der Waals surface area contributed by atoms with Crippen molar-refractivity contribution in [2.24, 2.45) is 11.6 Å². The van der Waals surface area contributed by atoms with Crippen LogP contribution in [0.15, 0.2) is 41.9 Å². The van der Waals surface area contributed by atoms with E-state index in [1.165, 1.54) is 9.91 Å². The van der Waals surface area contributed by atoms with Gasteiger partial charge in [0.05, 0.1) is 28.6 Å². The summed E-state index contributed by atoms with van der Waals surface area (Å²) in [5.74, 6) is 4.19. The van der Waals surface area contributed by atoms with Gasteiger partial charge in [-0.05, 0) is 32.9 Å². The highest BCUT2D eigenvalue weighted by atomic mass is 19.4. The molecule has 2 aromatic rings. The quantitative estimate of drug-likeness (QED) is 0.432. The van der Waals surface area contributed by atoms with Crippen LogP contribution < -0.4 is 16.6 Å². The Hall–Kier alpha value is -3.08. The van der Waals surface area contributed by atoms with Gasteiger partial charge < -0.3 is 10.6 Å². The Morgan fingerprint density at radius 2 is 1.97 bits per heavy atom. The SMILES string of the molecule is CC(C)n1ccc(N(N)C2=C(N)[C@H](C)N(C(=O)c3cccc(C(F)(F)F)c3F)CC2)n1. The van der Waals surface area contributed by atoms with E-state index in [-0.39, 0.29) is 24.7 Å². The molecule has 1 aliphatic heterocycles. The maximum Gasteiger partial charge on any atom is 0.419 e. The molecule has 1 atom stereocenters. The van der Waals surface area contributed by atoms with Crippen LogP contribution in [0.25, 0.3) is 0 Å². The third kappa shape index (κ3) is 4.22. The van der Waals surface area contributed by atoms with Crippen molar-refractivity contribution in [1.82, 2.24) is 14.7 Å². The first-order valence-corrected chi connectivity index (χ1v) is 9.68. The summed E-state index contributed by atoms with van der Waals surface area (Å²) >= 11 is 0. The first-order chi connectivity index (χ1) is 14.4. The number of carbonyl (C=O) groups is 1. The lowest BCUT2D eigenvalue weighted by Gasteiger charge is -2.37. The number of hydrogen-bond donors (Lipinski definition) is 2. The zero-order chi connectivity index (χ0) is 23.1. The van der Waals surface area contributed by atoms with Gasteiger partial charge in [0.25, 0.3) is 5.91 Å². The number of benzene rings is 1. The molecule has 0 unspecified atom stereocenters. The van der Waals surface area contributed by atoms with Crippen molar-refractivity contribution >= 4 is 11.7 Å². The number of amides is 1. The average molecular weight is 440 g/mol. The molecular weight excluding hydrogens is 416 g/mol. The van der Waals surface area contributed by atoms with Gasteiger partial charge in [-0.1, -0.05) is 6.07 Å². The summed E-state index contributed by atoms with van der Waals surface area (Å²) in [6.45, 7) is 5.64. The molecular formula is C20H24F4N6O. The van der Waals surface area contributed by atoms with Crippen LogP contribution >= 0.6 is 0 Å². The molecule has 0 saturated carbocycles. The van der Waals surface area contributed by atoms with Gasteiger partial charge in [0.2, 0.25) is 0 Å². The molecule has 1 aromatic carbocycles. The van der Waals surface area contributed by atoms with Crippen LogP contribution in [0.2, 0.25) is 0 Å². The minimum atomic E-state index is -4.90. The highest BCUT2D eigenvalue weighted by Gasteiger charge is 2.38. The molecule has 1 aromatic heterocycles. The van der Waals surface area contributed by atoms with Crippen LogP contribution in [-0.4, -0.2) is 33.2 Å². The Morgan fingerprint density at radius 1 is 1.29 bits per heavy atom. The van der Waals surface area contributed by atoms with Gasteiger partial charge in [-0.3, -0.25) is 14.5 Å². The molecule has 4 N–H and O–H groups in total. The smallest absolute Gasteiger partial charge is 0.399 e. The van der Waals surface area contributed by atoms with E-state index in [0.717, 1.165) is 12.1 Å². The Kier molecular flexibility index (Phi) is 5.99. The van der Waals surface area contributed by atoms with Crippen molar-refractivity contribution < 1.29 is 22.4 Å². The number of alkyl halides is 3. The third-order valence-electron chi connectivity index (χ3n) is 5.30. The largest absolute Gasteiger partial charge is 0.419 e. The van der Waals surface area contributed by atoms with Gasteiger partial charge in [0.1, 0.15) is 5.82 Å². The van der Waals surface area contributed by atoms with Gasteiger partial charge in [-0.15, -0.1) is 0 Å². The second-order valence-electron chi connectivity index (χ2n) is 7.61. The molecule has 3 rings (SSSR count). The minimum Gasteiger partial charge on any atom is -0.399 e. The van der Waals surface area contributed by atoms with Crippen molar-refractivity contribution in [2.75, 3.05) is 11.6 Å². The van der Waals surface area contributed by atoms with Crippen molar-refractivity contribution in [1.29, 1.82) is 0 Å². The predicted octanol–water partition coefficient (Wildman–Crippen LogP) is 3.41. The molecule has 2 heterocycles. The fourth-order valence-electron chi connectivity index (χ4n) is 3.46. The molecule has 1 aliphatic rings. The monoisotopic (exact) mass is 440 g/mol. The van der Waals surface area contributed by atoms with Crippen LogP contribution in [0.4, 0.5) is 23.4 Å². The van der Waals surface area contributed by atoms with Crippen molar-refractivity contribution in [3.63, 3.8) is 0 Å². The van der Waals surface area contributed by atoms with Crippen molar-refractivity contribution in [3.05, 3.63) is 58.8 Å². The van der Waals surface area contributed by atoms with E-state index in [1.807, 2.05) is 13.8 Å². The highest BCUT2D eigenvalue weighted by molar-refractivity contribution is 5.95. The second-order valence-corrected chi connectivity index (χ2v) is 7.61. The Labute approximate surface area is 176 Å². The summed E-state index contributed by atoms with van der Waals surface area (Å²) in [7, 11) is 0. The number of hydrogen-bond acceptors (Lipinski definition) is 5. The topological polar surface area (TPSA) is 93.4 Å². The predicted molar refractivity (Wildman–Crippen MR) is 107 cm³/mol. The number of rotatable bonds is 4.